The molecule has 2 aromatic carbocycles. The van der Waals surface area contributed by atoms with Crippen LogP contribution >= 0.6 is 45.3 Å². The topological polar surface area (TPSA) is 113 Å². The van der Waals surface area contributed by atoms with Crippen molar-refractivity contribution < 1.29 is 57.2 Å². The molecule has 1 aliphatic heterocycles. The van der Waals surface area contributed by atoms with E-state index in [1.54, 1.807) is 22.7 Å². The second-order valence-electron chi connectivity index (χ2n) is 9.87. The van der Waals surface area contributed by atoms with Gasteiger partial charge in [0.05, 0.1) is 27.8 Å². The van der Waals surface area contributed by atoms with Gasteiger partial charge in [0, 0.05) is 40.2 Å². The Kier molecular flexibility index (Phi) is 24.1. The first-order valence-corrected chi connectivity index (χ1v) is 17.5. The molecule has 0 spiro atoms. The molecule has 0 saturated carbocycles. The third-order valence-corrected chi connectivity index (χ3v) is 7.96. The Labute approximate surface area is 316 Å². The van der Waals surface area contributed by atoms with Crippen LogP contribution < -0.4 is 29.6 Å². The zero-order valence-electron chi connectivity index (χ0n) is 28.5. The summed E-state index contributed by atoms with van der Waals surface area (Å²) >= 11 is 5.32. The summed E-state index contributed by atoms with van der Waals surface area (Å²) in [6.07, 6.45) is 6.02. The summed E-state index contributed by atoms with van der Waals surface area (Å²) in [4.78, 5) is 20.0. The van der Waals surface area contributed by atoms with Crippen LogP contribution in [0.1, 0.15) is 59.3 Å². The number of ether oxygens (including phenoxy) is 1. The second-order valence-corrected chi connectivity index (χ2v) is 12.0. The molecule has 3 N–H and O–H groups in total. The maximum absolute atomic E-state index is 10.7. The summed E-state index contributed by atoms with van der Waals surface area (Å²) in [5, 5.41) is 32.6. The molecular weight excluding hydrogens is 729 g/mol. The van der Waals surface area contributed by atoms with Crippen LogP contribution in [0.15, 0.2) is 59.3 Å². The molecule has 45 heavy (non-hydrogen) atoms. The first kappa shape index (κ1) is 41.9. The van der Waals surface area contributed by atoms with E-state index in [1.165, 1.54) is 22.4 Å². The predicted molar refractivity (Wildman–Crippen MR) is 192 cm³/mol. The fourth-order valence-electron chi connectivity index (χ4n) is 4.29. The molecule has 1 aliphatic rings. The Morgan fingerprint density at radius 1 is 0.956 bits per heavy atom. The van der Waals surface area contributed by atoms with Gasteiger partial charge in [-0.1, -0.05) is 71.1 Å². The third kappa shape index (κ3) is 19.3. The van der Waals surface area contributed by atoms with E-state index in [1.807, 2.05) is 60.7 Å². The molecule has 0 amide bonds. The van der Waals surface area contributed by atoms with Gasteiger partial charge in [-0.2, -0.15) is 0 Å². The van der Waals surface area contributed by atoms with Crippen LogP contribution in [0.5, 0.6) is 0 Å². The number of aryl methyl sites for hydroxylation is 6. The van der Waals surface area contributed by atoms with Gasteiger partial charge < -0.3 is 21.5 Å². The second kappa shape index (κ2) is 25.9. The molecule has 1 saturated heterocycles. The monoisotopic (exact) mass is 774 g/mol. The number of nitrogens with zero attached hydrogens (tertiary/aromatic N) is 2. The number of halogens is 1. The third-order valence-electron chi connectivity index (χ3n) is 6.32. The number of benzene rings is 2. The number of aromatic nitrogens is 2. The minimum absolute atomic E-state index is 0. The van der Waals surface area contributed by atoms with Gasteiger partial charge in [-0.05, 0) is 79.5 Å². The quantitative estimate of drug-likeness (QED) is 0.129. The first-order valence-electron chi connectivity index (χ1n) is 14.9. The van der Waals surface area contributed by atoms with Gasteiger partial charge in [-0.3, -0.25) is 4.79 Å². The van der Waals surface area contributed by atoms with E-state index in [-0.39, 0.29) is 52.4 Å². The van der Waals surface area contributed by atoms with Gasteiger partial charge >= 0.3 is 35.5 Å². The molecule has 239 valence electrons. The van der Waals surface area contributed by atoms with Crippen LogP contribution in [0.4, 0.5) is 0 Å². The molecule has 0 bridgehead atoms. The smallest absolute Gasteiger partial charge is 1.00 e. The number of aliphatic hydroxyl groups is 2. The average Bonchev–Trinajstić information content (AvgIpc) is 3.75. The van der Waals surface area contributed by atoms with Crippen LogP contribution in [0.3, 0.4) is 0 Å². The van der Waals surface area contributed by atoms with E-state index in [4.69, 9.17) is 21.4 Å². The predicted octanol–water partition coefficient (Wildman–Crippen LogP) is 3.54. The number of rotatable bonds is 10. The molecule has 0 aliphatic carbocycles. The molecule has 3 radical (unpaired) electrons. The molecular formula is C33H44BIN2NaO5S2. The zero-order valence-corrected chi connectivity index (χ0v) is 32.2. The van der Waals surface area contributed by atoms with Gasteiger partial charge in [0.25, 0.3) is 0 Å². The van der Waals surface area contributed by atoms with Crippen LogP contribution in [-0.2, 0) is 48.1 Å². The number of hydrogen-bond donors (Lipinski definition) is 3. The molecule has 4 aromatic rings. The van der Waals surface area contributed by atoms with E-state index < -0.39 is 12.3 Å². The molecule has 7 nitrogen and oxygen atoms in total. The number of carboxylic acids is 1. The molecule has 1 unspecified atom stereocenters. The van der Waals surface area contributed by atoms with Gasteiger partial charge in [0.15, 0.2) is 6.29 Å². The standard InChI is InChI=1S/C14H15NO2S.C14H17NOS.C4H8O2.CH3I.B.Na.H/c1-10-15-13(9-18-10)6-5-11-3-2-4-12(7-11)8-14(16)17;1-11-15-14(10-17-11)6-5-12-3-2-4-13(9-12)7-8-16;5-4-2-1-3-6-4;1-2;;;/h2-4,7,9H,5-6,8H2,1H3,(H,16,17);2-4,9-10,16H,5-8H2,1H3;4-5H,1-3H2;1H3;;;/q;;;;;+1;-1/i;;;1D;;;. The van der Waals surface area contributed by atoms with Crippen molar-refractivity contribution in [2.75, 3.05) is 18.1 Å². The van der Waals surface area contributed by atoms with E-state index in [0.29, 0.717) is 4.91 Å². The van der Waals surface area contributed by atoms with Gasteiger partial charge in [0.1, 0.15) is 0 Å². The van der Waals surface area contributed by atoms with Crippen molar-refractivity contribution in [3.8, 4) is 0 Å². The van der Waals surface area contributed by atoms with Crippen LogP contribution in [0.2, 0.25) is 0 Å². The Bertz CT molecular complexity index is 1380. The van der Waals surface area contributed by atoms with Crippen LogP contribution in [0, 0.1) is 13.8 Å². The summed E-state index contributed by atoms with van der Waals surface area (Å²) in [6, 6.07) is 16.2. The zero-order chi connectivity index (χ0) is 32.2. The number of hydrogen-bond acceptors (Lipinski definition) is 8. The molecule has 5 rings (SSSR count). The fraction of sp³-hybridized carbons (Fsp3) is 0.424. The van der Waals surface area contributed by atoms with Crippen molar-refractivity contribution in [1.82, 2.24) is 9.97 Å². The van der Waals surface area contributed by atoms with Crippen molar-refractivity contribution >= 4 is 59.6 Å². The Balaban J connectivity index is 0. The number of carboxylic acid groups (broad SMARTS) is 1. The minimum atomic E-state index is -0.790. The van der Waals surface area contributed by atoms with Crippen molar-refractivity contribution in [2.45, 2.75) is 71.5 Å². The van der Waals surface area contributed by atoms with Crippen molar-refractivity contribution in [2.24, 2.45) is 0 Å². The van der Waals surface area contributed by atoms with E-state index in [2.05, 4.69) is 45.0 Å². The average molecular weight is 775 g/mol. The number of thiazole rings is 2. The maximum Gasteiger partial charge on any atom is 1.00 e. The van der Waals surface area contributed by atoms with Crippen LogP contribution in [0.25, 0.3) is 0 Å². The van der Waals surface area contributed by atoms with Crippen LogP contribution in [-0.4, -0.2) is 64.1 Å². The summed E-state index contributed by atoms with van der Waals surface area (Å²) in [5.41, 5.74) is 6.84. The molecule has 12 heteroatoms. The summed E-state index contributed by atoms with van der Waals surface area (Å²) < 4.78 is 10.9. The fourth-order valence-corrected chi connectivity index (χ4v) is 5.59. The summed E-state index contributed by atoms with van der Waals surface area (Å²) in [5.74, 6) is -0.790. The summed E-state index contributed by atoms with van der Waals surface area (Å²) in [7, 11) is 0. The van der Waals surface area contributed by atoms with Gasteiger partial charge in [-0.15, -0.1) is 22.7 Å². The maximum atomic E-state index is 10.7. The van der Waals surface area contributed by atoms with E-state index in [9.17, 15) is 4.79 Å². The van der Waals surface area contributed by atoms with Crippen molar-refractivity contribution in [3.05, 3.63) is 103 Å². The van der Waals surface area contributed by atoms with E-state index >= 15 is 0 Å². The van der Waals surface area contributed by atoms with Gasteiger partial charge in [-0.25, -0.2) is 9.97 Å². The van der Waals surface area contributed by atoms with E-state index in [0.717, 1.165) is 72.8 Å². The SMILES string of the molecule is Cc1nc(CCc2cccc(CC(=O)O)c2)cs1.Cc1nc(CCc2cccc(CCO)c2)cs1.OC1CCCO1.[2H]CI.[B].[H-].[Na+]. The van der Waals surface area contributed by atoms with Gasteiger partial charge in [0.2, 0.25) is 0 Å². The van der Waals surface area contributed by atoms with Crippen molar-refractivity contribution in [1.29, 1.82) is 0 Å². The Morgan fingerprint density at radius 2 is 1.42 bits per heavy atom. The molecule has 3 heterocycles. The summed E-state index contributed by atoms with van der Waals surface area (Å²) in [6.45, 7) is 4.99. The molecule has 1 atom stereocenters. The molecule has 2 aromatic heterocycles. The number of aliphatic hydroxyl groups excluding tert-OH is 2. The number of carbonyl (C=O) groups is 1. The van der Waals surface area contributed by atoms with Crippen molar-refractivity contribution in [3.63, 3.8) is 0 Å². The number of aliphatic carboxylic acids is 1. The minimum Gasteiger partial charge on any atom is -1.00 e. The normalized spacial score (nSPS) is 13.3. The molecule has 1 fully saturated rings. The first-order chi connectivity index (χ1) is 21.2. The largest absolute Gasteiger partial charge is 1.00 e. The Hall–Kier alpha value is -1.16. The Morgan fingerprint density at radius 3 is 1.78 bits per heavy atom. The number of alkyl halides is 1.